The Balaban J connectivity index is 3.25. The molecule has 0 saturated carbocycles. The Hall–Kier alpha value is -0.510. The molecule has 4 heteroatoms. The van der Waals surface area contributed by atoms with Crippen LogP contribution in [0, 0.1) is 5.41 Å². The molecule has 0 spiro atoms. The van der Waals surface area contributed by atoms with Gasteiger partial charge in [-0.1, -0.05) is 11.8 Å². The minimum atomic E-state index is 0.413. The van der Waals surface area contributed by atoms with E-state index in [0.29, 0.717) is 5.17 Å². The normalized spacial score (nSPS) is 9.75. The molecule has 0 atom stereocenters. The number of hydrogen-bond donors (Lipinski definition) is 2. The van der Waals surface area contributed by atoms with Crippen molar-refractivity contribution in [3.05, 3.63) is 0 Å². The van der Waals surface area contributed by atoms with Crippen LogP contribution < -0.4 is 5.32 Å². The number of nitrogens with one attached hydrogen (secondary N) is 2. The van der Waals surface area contributed by atoms with Crippen LogP contribution in [0.5, 0.6) is 0 Å². The van der Waals surface area contributed by atoms with Crippen molar-refractivity contribution in [2.24, 2.45) is 4.99 Å². The zero-order valence-electron chi connectivity index (χ0n) is 4.93. The molecule has 2 N–H and O–H groups in total. The number of thioether (sulfide) groups is 1. The molecule has 0 bridgehead atoms. The van der Waals surface area contributed by atoms with Crippen LogP contribution in [0.4, 0.5) is 0 Å². The smallest absolute Gasteiger partial charge is 0.158 e. The largest absolute Gasteiger partial charge is 0.326 e. The van der Waals surface area contributed by atoms with E-state index in [1.807, 2.05) is 6.26 Å². The molecule has 0 aliphatic rings. The fraction of sp³-hybridized carbons (Fsp3) is 0.500. The second kappa shape index (κ2) is 4.64. The summed E-state index contributed by atoms with van der Waals surface area (Å²) in [6, 6.07) is 0. The van der Waals surface area contributed by atoms with Gasteiger partial charge in [-0.2, -0.15) is 0 Å². The van der Waals surface area contributed by atoms with Gasteiger partial charge in [0.25, 0.3) is 0 Å². The predicted octanol–water partition coefficient (Wildman–Crippen LogP) is 0.532. The molecule has 0 saturated heterocycles. The van der Waals surface area contributed by atoms with Gasteiger partial charge < -0.3 is 5.32 Å². The monoisotopic (exact) mass is 131 g/mol. The van der Waals surface area contributed by atoms with Gasteiger partial charge >= 0.3 is 0 Å². The molecule has 3 nitrogen and oxygen atoms in total. The first-order valence-corrected chi connectivity index (χ1v) is 3.33. The minimum absolute atomic E-state index is 0.413. The van der Waals surface area contributed by atoms with Crippen LogP contribution in [-0.2, 0) is 0 Å². The summed E-state index contributed by atoms with van der Waals surface area (Å²) in [5.74, 6) is 0. The zero-order valence-corrected chi connectivity index (χ0v) is 5.75. The topological polar surface area (TPSA) is 48.2 Å². The maximum absolute atomic E-state index is 7.00. The van der Waals surface area contributed by atoms with Crippen molar-refractivity contribution in [2.75, 3.05) is 13.3 Å². The highest BCUT2D eigenvalue weighted by Crippen LogP contribution is 1.87. The van der Waals surface area contributed by atoms with Crippen molar-refractivity contribution in [1.29, 1.82) is 5.41 Å². The highest BCUT2D eigenvalue weighted by Gasteiger charge is 1.83. The molecule has 0 aromatic rings. The fourth-order valence-electron chi connectivity index (χ4n) is 0.182. The Morgan fingerprint density at radius 2 is 2.50 bits per heavy atom. The third-order valence-corrected chi connectivity index (χ3v) is 1.05. The number of hydrogen-bond acceptors (Lipinski definition) is 3. The Labute approximate surface area is 53.1 Å². The number of amidine groups is 1. The molecule has 0 aliphatic heterocycles. The van der Waals surface area contributed by atoms with E-state index in [4.69, 9.17) is 5.41 Å². The van der Waals surface area contributed by atoms with E-state index in [1.165, 1.54) is 18.1 Å². The van der Waals surface area contributed by atoms with Crippen molar-refractivity contribution >= 4 is 23.3 Å². The van der Waals surface area contributed by atoms with Crippen molar-refractivity contribution in [2.45, 2.75) is 0 Å². The van der Waals surface area contributed by atoms with Crippen LogP contribution in [0.25, 0.3) is 0 Å². The summed E-state index contributed by atoms with van der Waals surface area (Å²) < 4.78 is 0. The van der Waals surface area contributed by atoms with Gasteiger partial charge in [-0.15, -0.1) is 0 Å². The Kier molecular flexibility index (Phi) is 4.35. The first-order chi connectivity index (χ1) is 3.81. The summed E-state index contributed by atoms with van der Waals surface area (Å²) in [5.41, 5.74) is 0. The average Bonchev–Trinajstić information content (AvgIpc) is 1.83. The van der Waals surface area contributed by atoms with Crippen molar-refractivity contribution in [3.8, 4) is 0 Å². The molecule has 0 radical (unpaired) electrons. The number of aliphatic imine (C=N–C) groups is 1. The number of nitrogens with zero attached hydrogens (tertiary/aromatic N) is 1. The molecule has 8 heavy (non-hydrogen) atoms. The SMILES string of the molecule is CN=CNC(=N)SC. The summed E-state index contributed by atoms with van der Waals surface area (Å²) >= 11 is 1.35. The molecule has 0 unspecified atom stereocenters. The summed E-state index contributed by atoms with van der Waals surface area (Å²) in [6.07, 6.45) is 3.32. The summed E-state index contributed by atoms with van der Waals surface area (Å²) in [7, 11) is 1.65. The van der Waals surface area contributed by atoms with Crippen LogP contribution in [0.3, 0.4) is 0 Å². The van der Waals surface area contributed by atoms with Gasteiger partial charge in [0.05, 0.1) is 6.34 Å². The van der Waals surface area contributed by atoms with Crippen LogP contribution in [0.15, 0.2) is 4.99 Å². The Morgan fingerprint density at radius 3 is 2.88 bits per heavy atom. The third kappa shape index (κ3) is 3.67. The maximum Gasteiger partial charge on any atom is 0.158 e. The Morgan fingerprint density at radius 1 is 1.88 bits per heavy atom. The van der Waals surface area contributed by atoms with Crippen LogP contribution >= 0.6 is 11.8 Å². The molecular weight excluding hydrogens is 122 g/mol. The van der Waals surface area contributed by atoms with Gasteiger partial charge in [0.15, 0.2) is 5.17 Å². The lowest BCUT2D eigenvalue weighted by atomic mass is 11.1. The quantitative estimate of drug-likeness (QED) is 0.403. The molecule has 0 aliphatic carbocycles. The van der Waals surface area contributed by atoms with Crippen molar-refractivity contribution in [3.63, 3.8) is 0 Å². The standard InChI is InChI=1S/C4H9N3S/c1-6-3-7-4(5)8-2/h3H,1-2H3,(H2,5,6,7). The van der Waals surface area contributed by atoms with E-state index in [0.717, 1.165) is 0 Å². The van der Waals surface area contributed by atoms with Crippen LogP contribution in [0.2, 0.25) is 0 Å². The highest BCUT2D eigenvalue weighted by atomic mass is 32.2. The number of rotatable bonds is 1. The molecule has 0 amide bonds. The fourth-order valence-corrected chi connectivity index (χ4v) is 0.353. The molecule has 0 rings (SSSR count). The maximum atomic E-state index is 7.00. The van der Waals surface area contributed by atoms with Crippen LogP contribution in [0.1, 0.15) is 0 Å². The third-order valence-electron chi connectivity index (χ3n) is 0.529. The van der Waals surface area contributed by atoms with Gasteiger partial charge in [-0.3, -0.25) is 10.4 Å². The second-order valence-corrected chi connectivity index (χ2v) is 1.88. The minimum Gasteiger partial charge on any atom is -0.326 e. The summed E-state index contributed by atoms with van der Waals surface area (Å²) in [6.45, 7) is 0. The van der Waals surface area contributed by atoms with E-state index >= 15 is 0 Å². The molecule has 0 aromatic carbocycles. The van der Waals surface area contributed by atoms with E-state index < -0.39 is 0 Å². The van der Waals surface area contributed by atoms with Crippen LogP contribution in [-0.4, -0.2) is 24.8 Å². The predicted molar refractivity (Wildman–Crippen MR) is 38.8 cm³/mol. The summed E-state index contributed by atoms with van der Waals surface area (Å²) in [5, 5.41) is 10.1. The van der Waals surface area contributed by atoms with Gasteiger partial charge in [-0.05, 0) is 6.26 Å². The highest BCUT2D eigenvalue weighted by molar-refractivity contribution is 8.13. The van der Waals surface area contributed by atoms with Gasteiger partial charge in [0.2, 0.25) is 0 Å². The molecular formula is C4H9N3S. The average molecular weight is 131 g/mol. The lowest BCUT2D eigenvalue weighted by Gasteiger charge is -1.93. The second-order valence-electron chi connectivity index (χ2n) is 1.06. The Bertz CT molecular complexity index is 99.5. The van der Waals surface area contributed by atoms with E-state index in [9.17, 15) is 0 Å². The van der Waals surface area contributed by atoms with Gasteiger partial charge in [0.1, 0.15) is 0 Å². The molecule has 46 valence electrons. The first-order valence-electron chi connectivity index (χ1n) is 2.11. The summed E-state index contributed by atoms with van der Waals surface area (Å²) in [4.78, 5) is 3.63. The van der Waals surface area contributed by atoms with Crippen molar-refractivity contribution in [1.82, 2.24) is 5.32 Å². The van der Waals surface area contributed by atoms with E-state index in [-0.39, 0.29) is 0 Å². The lowest BCUT2D eigenvalue weighted by Crippen LogP contribution is -2.15. The lowest BCUT2D eigenvalue weighted by molar-refractivity contribution is 1.33. The first kappa shape index (κ1) is 7.49. The van der Waals surface area contributed by atoms with Gasteiger partial charge in [0, 0.05) is 7.05 Å². The molecule has 0 heterocycles. The van der Waals surface area contributed by atoms with E-state index in [2.05, 4.69) is 10.3 Å². The van der Waals surface area contributed by atoms with E-state index in [1.54, 1.807) is 7.05 Å². The zero-order chi connectivity index (χ0) is 6.41. The van der Waals surface area contributed by atoms with Crippen molar-refractivity contribution < 1.29 is 0 Å². The van der Waals surface area contributed by atoms with Gasteiger partial charge in [-0.25, -0.2) is 0 Å². The molecule has 0 fully saturated rings. The molecule has 0 aromatic heterocycles.